The van der Waals surface area contributed by atoms with Crippen molar-refractivity contribution in [2.45, 2.75) is 19.8 Å². The number of nitrogens with one attached hydrogen (secondary N) is 1. The maximum Gasteiger partial charge on any atom is 0.212 e. The van der Waals surface area contributed by atoms with Crippen molar-refractivity contribution in [1.82, 2.24) is 9.62 Å². The van der Waals surface area contributed by atoms with E-state index in [-0.39, 0.29) is 11.6 Å². The van der Waals surface area contributed by atoms with Gasteiger partial charge in [0.05, 0.1) is 5.75 Å². The zero-order chi connectivity index (χ0) is 12.0. The van der Waals surface area contributed by atoms with Gasteiger partial charge in [-0.15, -0.1) is 11.6 Å². The van der Waals surface area contributed by atoms with Gasteiger partial charge in [0.15, 0.2) is 0 Å². The molecule has 1 aliphatic rings. The number of hydrogen-bond donors (Lipinski definition) is 1. The molecule has 0 aromatic rings. The van der Waals surface area contributed by atoms with E-state index in [9.17, 15) is 8.42 Å². The number of sulfonamides is 1. The first-order valence-corrected chi connectivity index (χ1v) is 8.01. The quantitative estimate of drug-likeness (QED) is 0.728. The van der Waals surface area contributed by atoms with E-state index in [4.69, 9.17) is 11.6 Å². The Labute approximate surface area is 103 Å². The molecule has 0 bridgehead atoms. The third kappa shape index (κ3) is 4.99. The maximum atomic E-state index is 11.4. The van der Waals surface area contributed by atoms with Gasteiger partial charge in [0.1, 0.15) is 0 Å². The predicted octanol–water partition coefficient (Wildman–Crippen LogP) is 0.877. The van der Waals surface area contributed by atoms with Gasteiger partial charge in [0.25, 0.3) is 0 Å². The largest absolute Gasteiger partial charge is 0.304 e. The molecule has 1 saturated heterocycles. The fourth-order valence-corrected chi connectivity index (χ4v) is 3.37. The van der Waals surface area contributed by atoms with Gasteiger partial charge in [-0.05, 0) is 38.4 Å². The summed E-state index contributed by atoms with van der Waals surface area (Å²) in [7, 11) is -3.15. The lowest BCUT2D eigenvalue weighted by Crippen LogP contribution is -2.39. The van der Waals surface area contributed by atoms with E-state index in [2.05, 4.69) is 16.5 Å². The summed E-state index contributed by atoms with van der Waals surface area (Å²) in [6.07, 6.45) is 2.16. The molecule has 1 rings (SSSR count). The number of likely N-dealkylation sites (tertiary alicyclic amines) is 1. The van der Waals surface area contributed by atoms with Crippen LogP contribution in [0.5, 0.6) is 0 Å². The number of rotatable bonds is 6. The first kappa shape index (κ1) is 14.2. The average molecular weight is 269 g/mol. The smallest absolute Gasteiger partial charge is 0.212 e. The molecule has 0 unspecified atom stereocenters. The molecule has 4 nitrogen and oxygen atoms in total. The summed E-state index contributed by atoms with van der Waals surface area (Å²) in [4.78, 5) is 2.39. The molecule has 0 amide bonds. The van der Waals surface area contributed by atoms with Gasteiger partial charge in [0, 0.05) is 12.4 Å². The molecule has 1 N–H and O–H groups in total. The molecule has 0 saturated carbocycles. The molecule has 1 aliphatic heterocycles. The van der Waals surface area contributed by atoms with Crippen molar-refractivity contribution in [3.05, 3.63) is 0 Å². The Hall–Kier alpha value is 0.160. The summed E-state index contributed by atoms with van der Waals surface area (Å²) < 4.78 is 25.4. The van der Waals surface area contributed by atoms with E-state index < -0.39 is 10.0 Å². The first-order valence-electron chi connectivity index (χ1n) is 5.83. The van der Waals surface area contributed by atoms with Gasteiger partial charge in [0.2, 0.25) is 10.0 Å². The van der Waals surface area contributed by atoms with Crippen molar-refractivity contribution >= 4 is 21.6 Å². The van der Waals surface area contributed by atoms with E-state index in [0.717, 1.165) is 32.5 Å². The van der Waals surface area contributed by atoms with Crippen molar-refractivity contribution in [2.75, 3.05) is 37.8 Å². The monoisotopic (exact) mass is 268 g/mol. The average Bonchev–Trinajstić information content (AvgIpc) is 2.27. The SMILES string of the molecule is CCN1CCC(CNS(=O)(=O)CCCl)CC1. The Bertz CT molecular complexity index is 287. The van der Waals surface area contributed by atoms with Gasteiger partial charge < -0.3 is 4.90 Å². The fourth-order valence-electron chi connectivity index (χ4n) is 1.93. The van der Waals surface area contributed by atoms with Crippen LogP contribution in [0.25, 0.3) is 0 Å². The lowest BCUT2D eigenvalue weighted by Gasteiger charge is -2.30. The van der Waals surface area contributed by atoms with Gasteiger partial charge in [-0.1, -0.05) is 6.92 Å². The molecule has 0 aliphatic carbocycles. The summed E-state index contributed by atoms with van der Waals surface area (Å²) in [5.41, 5.74) is 0. The Morgan fingerprint density at radius 3 is 2.50 bits per heavy atom. The number of halogens is 1. The maximum absolute atomic E-state index is 11.4. The Morgan fingerprint density at radius 2 is 2.00 bits per heavy atom. The molecule has 16 heavy (non-hydrogen) atoms. The fraction of sp³-hybridized carbons (Fsp3) is 1.00. The lowest BCUT2D eigenvalue weighted by molar-refractivity contribution is 0.194. The zero-order valence-corrected chi connectivity index (χ0v) is 11.4. The second-order valence-corrected chi connectivity index (χ2v) is 6.54. The topological polar surface area (TPSA) is 49.4 Å². The standard InChI is InChI=1S/C10H21ClN2O2S/c1-2-13-6-3-10(4-7-13)9-12-16(14,15)8-5-11/h10,12H,2-9H2,1H3. The van der Waals surface area contributed by atoms with Crippen LogP contribution in [0.3, 0.4) is 0 Å². The van der Waals surface area contributed by atoms with Crippen LogP contribution in [0.4, 0.5) is 0 Å². The van der Waals surface area contributed by atoms with Crippen LogP contribution in [-0.2, 0) is 10.0 Å². The molecule has 96 valence electrons. The minimum absolute atomic E-state index is 0.0162. The van der Waals surface area contributed by atoms with Gasteiger partial charge in [-0.2, -0.15) is 0 Å². The highest BCUT2D eigenvalue weighted by molar-refractivity contribution is 7.89. The van der Waals surface area contributed by atoms with Crippen molar-refractivity contribution in [3.63, 3.8) is 0 Å². The number of alkyl halides is 1. The molecular formula is C10H21ClN2O2S. The Balaban J connectivity index is 2.24. The molecule has 0 radical (unpaired) electrons. The Kier molecular flexibility index (Phi) is 6.03. The Morgan fingerprint density at radius 1 is 1.38 bits per heavy atom. The van der Waals surface area contributed by atoms with Gasteiger partial charge in [-0.25, -0.2) is 13.1 Å². The summed E-state index contributed by atoms with van der Waals surface area (Å²) in [6.45, 7) is 5.97. The minimum atomic E-state index is -3.15. The van der Waals surface area contributed by atoms with Crippen LogP contribution < -0.4 is 4.72 Å². The molecule has 6 heteroatoms. The van der Waals surface area contributed by atoms with Crippen molar-refractivity contribution < 1.29 is 8.42 Å². The molecular weight excluding hydrogens is 248 g/mol. The lowest BCUT2D eigenvalue weighted by atomic mass is 9.97. The normalized spacial score (nSPS) is 20.1. The highest BCUT2D eigenvalue weighted by Crippen LogP contribution is 2.16. The highest BCUT2D eigenvalue weighted by Gasteiger charge is 2.19. The summed E-state index contributed by atoms with van der Waals surface area (Å²) in [5, 5.41) is 0. The summed E-state index contributed by atoms with van der Waals surface area (Å²) in [6, 6.07) is 0. The van der Waals surface area contributed by atoms with Crippen LogP contribution >= 0.6 is 11.6 Å². The molecule has 0 spiro atoms. The summed E-state index contributed by atoms with van der Waals surface area (Å²) >= 11 is 5.42. The van der Waals surface area contributed by atoms with Crippen LogP contribution in [0.1, 0.15) is 19.8 Å². The van der Waals surface area contributed by atoms with Crippen LogP contribution in [-0.4, -0.2) is 51.1 Å². The van der Waals surface area contributed by atoms with E-state index in [1.165, 1.54) is 0 Å². The molecule has 0 aromatic carbocycles. The zero-order valence-electron chi connectivity index (χ0n) is 9.78. The van der Waals surface area contributed by atoms with Crippen molar-refractivity contribution in [2.24, 2.45) is 5.92 Å². The van der Waals surface area contributed by atoms with Crippen molar-refractivity contribution in [1.29, 1.82) is 0 Å². The molecule has 0 atom stereocenters. The summed E-state index contributed by atoms with van der Waals surface area (Å²) in [5.74, 6) is 0.652. The number of hydrogen-bond acceptors (Lipinski definition) is 3. The van der Waals surface area contributed by atoms with Gasteiger partial charge in [-0.3, -0.25) is 0 Å². The molecule has 1 heterocycles. The third-order valence-electron chi connectivity index (χ3n) is 3.09. The van der Waals surface area contributed by atoms with E-state index in [1.807, 2.05) is 0 Å². The van der Waals surface area contributed by atoms with E-state index in [0.29, 0.717) is 12.5 Å². The van der Waals surface area contributed by atoms with E-state index >= 15 is 0 Å². The second kappa shape index (κ2) is 6.79. The predicted molar refractivity (Wildman–Crippen MR) is 67.3 cm³/mol. The van der Waals surface area contributed by atoms with Crippen LogP contribution in [0, 0.1) is 5.92 Å². The van der Waals surface area contributed by atoms with Gasteiger partial charge >= 0.3 is 0 Å². The van der Waals surface area contributed by atoms with Crippen molar-refractivity contribution in [3.8, 4) is 0 Å². The van der Waals surface area contributed by atoms with Crippen LogP contribution in [0.15, 0.2) is 0 Å². The number of piperidine rings is 1. The van der Waals surface area contributed by atoms with E-state index in [1.54, 1.807) is 0 Å². The highest BCUT2D eigenvalue weighted by atomic mass is 35.5. The molecule has 1 fully saturated rings. The number of nitrogens with zero attached hydrogens (tertiary/aromatic N) is 1. The minimum Gasteiger partial charge on any atom is -0.304 e. The molecule has 0 aromatic heterocycles. The second-order valence-electron chi connectivity index (χ2n) is 4.23. The van der Waals surface area contributed by atoms with Crippen LogP contribution in [0.2, 0.25) is 0 Å². The first-order chi connectivity index (χ1) is 7.57. The third-order valence-corrected chi connectivity index (χ3v) is 4.85.